The standard InChI is InChI=1S/C9H18N2/c1-2-8-6-11-5-3-4-9(7-11)10-8/h8-10H,2-7H2,1H3. The molecule has 3 atom stereocenters. The summed E-state index contributed by atoms with van der Waals surface area (Å²) in [6.07, 6.45) is 4.08. The molecule has 2 rings (SSSR count). The molecule has 0 aromatic heterocycles. The van der Waals surface area contributed by atoms with E-state index in [1.165, 1.54) is 38.9 Å². The first kappa shape index (κ1) is 7.56. The van der Waals surface area contributed by atoms with Crippen molar-refractivity contribution < 1.29 is 0 Å². The molecule has 2 heteroatoms. The SMILES string of the molecule is CCC1CN2CCCC(C2)N1. The van der Waals surface area contributed by atoms with E-state index in [1.54, 1.807) is 0 Å². The van der Waals surface area contributed by atoms with Crippen LogP contribution in [-0.2, 0) is 0 Å². The van der Waals surface area contributed by atoms with E-state index < -0.39 is 0 Å². The normalized spacial score (nSPS) is 43.9. The maximum Gasteiger partial charge on any atom is 0.0198 e. The summed E-state index contributed by atoms with van der Waals surface area (Å²) in [5.74, 6) is 0. The Morgan fingerprint density at radius 2 is 2.36 bits per heavy atom. The Bertz CT molecular complexity index is 124. The topological polar surface area (TPSA) is 15.3 Å². The monoisotopic (exact) mass is 154 g/mol. The van der Waals surface area contributed by atoms with Crippen LogP contribution < -0.4 is 5.32 Å². The Labute approximate surface area is 69.0 Å². The van der Waals surface area contributed by atoms with Crippen molar-refractivity contribution in [2.75, 3.05) is 19.6 Å². The van der Waals surface area contributed by atoms with Gasteiger partial charge in [-0.15, -0.1) is 0 Å². The highest BCUT2D eigenvalue weighted by molar-refractivity contribution is 4.88. The van der Waals surface area contributed by atoms with E-state index in [1.807, 2.05) is 0 Å². The lowest BCUT2D eigenvalue weighted by molar-refractivity contribution is 0.116. The highest BCUT2D eigenvalue weighted by Gasteiger charge is 2.27. The minimum absolute atomic E-state index is 0.772. The zero-order valence-electron chi connectivity index (χ0n) is 7.34. The molecule has 2 heterocycles. The highest BCUT2D eigenvalue weighted by atomic mass is 15.2. The second-order valence-electron chi connectivity index (χ2n) is 3.87. The van der Waals surface area contributed by atoms with E-state index in [9.17, 15) is 0 Å². The van der Waals surface area contributed by atoms with Gasteiger partial charge >= 0.3 is 0 Å². The predicted octanol–water partition coefficient (Wildman–Crippen LogP) is 0.833. The van der Waals surface area contributed by atoms with Gasteiger partial charge in [0, 0.05) is 25.2 Å². The van der Waals surface area contributed by atoms with Crippen LogP contribution in [0.1, 0.15) is 26.2 Å². The molecular formula is C9H18N2. The number of nitrogens with one attached hydrogen (secondary N) is 1. The number of fused-ring (bicyclic) bond motifs is 2. The summed E-state index contributed by atoms with van der Waals surface area (Å²) < 4.78 is 0. The lowest BCUT2D eigenvalue weighted by Gasteiger charge is -2.42. The van der Waals surface area contributed by atoms with Crippen LogP contribution in [0.3, 0.4) is 0 Å². The second kappa shape index (κ2) is 3.11. The molecular weight excluding hydrogens is 136 g/mol. The number of rotatable bonds is 1. The molecule has 0 spiro atoms. The molecule has 2 nitrogen and oxygen atoms in total. The molecule has 64 valence electrons. The summed E-state index contributed by atoms with van der Waals surface area (Å²) in [6.45, 7) is 6.21. The number of hydrogen-bond acceptors (Lipinski definition) is 2. The van der Waals surface area contributed by atoms with E-state index in [2.05, 4.69) is 17.1 Å². The maximum atomic E-state index is 3.69. The number of nitrogens with zero attached hydrogens (tertiary/aromatic N) is 1. The van der Waals surface area contributed by atoms with Gasteiger partial charge in [0.15, 0.2) is 0 Å². The summed E-state index contributed by atoms with van der Waals surface area (Å²) >= 11 is 0. The zero-order chi connectivity index (χ0) is 7.68. The predicted molar refractivity (Wildman–Crippen MR) is 46.7 cm³/mol. The lowest BCUT2D eigenvalue weighted by Crippen LogP contribution is -2.58. The third-order valence-electron chi connectivity index (χ3n) is 2.95. The molecule has 0 aliphatic carbocycles. The third-order valence-corrected chi connectivity index (χ3v) is 2.95. The molecule has 2 fully saturated rings. The first-order valence-corrected chi connectivity index (χ1v) is 4.87. The van der Waals surface area contributed by atoms with Crippen LogP contribution >= 0.6 is 0 Å². The van der Waals surface area contributed by atoms with Gasteiger partial charge in [-0.3, -0.25) is 0 Å². The zero-order valence-corrected chi connectivity index (χ0v) is 7.34. The van der Waals surface area contributed by atoms with E-state index in [-0.39, 0.29) is 0 Å². The molecule has 0 aromatic rings. The Hall–Kier alpha value is -0.0800. The van der Waals surface area contributed by atoms with Gasteiger partial charge in [-0.25, -0.2) is 0 Å². The van der Waals surface area contributed by atoms with Gasteiger partial charge < -0.3 is 10.2 Å². The molecule has 2 saturated heterocycles. The second-order valence-corrected chi connectivity index (χ2v) is 3.87. The van der Waals surface area contributed by atoms with Crippen molar-refractivity contribution in [3.05, 3.63) is 0 Å². The van der Waals surface area contributed by atoms with Crippen LogP contribution in [0.15, 0.2) is 0 Å². The van der Waals surface area contributed by atoms with Crippen molar-refractivity contribution in [1.82, 2.24) is 10.2 Å². The molecule has 1 N–H and O–H groups in total. The van der Waals surface area contributed by atoms with Crippen LogP contribution in [0.4, 0.5) is 0 Å². The summed E-state index contributed by atoms with van der Waals surface area (Å²) in [6, 6.07) is 1.58. The molecule has 11 heavy (non-hydrogen) atoms. The molecule has 2 aliphatic heterocycles. The van der Waals surface area contributed by atoms with Gasteiger partial charge in [0.05, 0.1) is 0 Å². The van der Waals surface area contributed by atoms with E-state index in [0.29, 0.717) is 0 Å². The maximum absolute atomic E-state index is 3.69. The molecule has 0 aromatic carbocycles. The minimum atomic E-state index is 0.772. The molecule has 0 saturated carbocycles. The van der Waals surface area contributed by atoms with Crippen molar-refractivity contribution in [3.8, 4) is 0 Å². The Morgan fingerprint density at radius 3 is 3.09 bits per heavy atom. The minimum Gasteiger partial charge on any atom is -0.309 e. The molecule has 0 amide bonds. The average Bonchev–Trinajstić information content (AvgIpc) is 2.03. The molecule has 2 aliphatic rings. The smallest absolute Gasteiger partial charge is 0.0198 e. The quantitative estimate of drug-likeness (QED) is 0.602. The number of piperazine rings is 1. The fraction of sp³-hybridized carbons (Fsp3) is 1.00. The van der Waals surface area contributed by atoms with E-state index >= 15 is 0 Å². The van der Waals surface area contributed by atoms with Crippen LogP contribution in [0.25, 0.3) is 0 Å². The van der Waals surface area contributed by atoms with Gasteiger partial charge in [0.2, 0.25) is 0 Å². The van der Waals surface area contributed by atoms with Crippen LogP contribution in [0.2, 0.25) is 0 Å². The number of piperidine rings is 1. The lowest BCUT2D eigenvalue weighted by atomic mass is 9.99. The van der Waals surface area contributed by atoms with Gasteiger partial charge in [-0.05, 0) is 25.8 Å². The van der Waals surface area contributed by atoms with Crippen LogP contribution in [0, 0.1) is 0 Å². The van der Waals surface area contributed by atoms with Crippen molar-refractivity contribution in [2.45, 2.75) is 38.3 Å². The highest BCUT2D eigenvalue weighted by Crippen LogP contribution is 2.16. The van der Waals surface area contributed by atoms with Crippen molar-refractivity contribution in [2.24, 2.45) is 0 Å². The fourth-order valence-corrected chi connectivity index (χ4v) is 2.30. The first-order chi connectivity index (χ1) is 5.38. The van der Waals surface area contributed by atoms with Gasteiger partial charge in [-0.2, -0.15) is 0 Å². The summed E-state index contributed by atoms with van der Waals surface area (Å²) in [5, 5.41) is 3.69. The summed E-state index contributed by atoms with van der Waals surface area (Å²) in [7, 11) is 0. The Kier molecular flexibility index (Phi) is 2.14. The number of hydrogen-bond donors (Lipinski definition) is 1. The Balaban J connectivity index is 1.94. The van der Waals surface area contributed by atoms with Crippen molar-refractivity contribution in [1.29, 1.82) is 0 Å². The van der Waals surface area contributed by atoms with Crippen molar-refractivity contribution in [3.63, 3.8) is 0 Å². The van der Waals surface area contributed by atoms with E-state index in [0.717, 1.165) is 12.1 Å². The first-order valence-electron chi connectivity index (χ1n) is 4.87. The molecule has 2 bridgehead atoms. The van der Waals surface area contributed by atoms with Crippen LogP contribution in [0.5, 0.6) is 0 Å². The average molecular weight is 154 g/mol. The van der Waals surface area contributed by atoms with Crippen molar-refractivity contribution >= 4 is 0 Å². The summed E-state index contributed by atoms with van der Waals surface area (Å²) in [4.78, 5) is 2.61. The molecule has 3 unspecified atom stereocenters. The van der Waals surface area contributed by atoms with E-state index in [4.69, 9.17) is 0 Å². The summed E-state index contributed by atoms with van der Waals surface area (Å²) in [5.41, 5.74) is 0. The Morgan fingerprint density at radius 1 is 1.45 bits per heavy atom. The van der Waals surface area contributed by atoms with Gasteiger partial charge in [0.1, 0.15) is 0 Å². The third kappa shape index (κ3) is 1.57. The van der Waals surface area contributed by atoms with Gasteiger partial charge in [0.25, 0.3) is 0 Å². The largest absolute Gasteiger partial charge is 0.309 e. The van der Waals surface area contributed by atoms with Crippen LogP contribution in [-0.4, -0.2) is 36.6 Å². The van der Waals surface area contributed by atoms with Gasteiger partial charge in [-0.1, -0.05) is 6.92 Å². The molecule has 0 radical (unpaired) electrons. The fourth-order valence-electron chi connectivity index (χ4n) is 2.30.